The summed E-state index contributed by atoms with van der Waals surface area (Å²) in [4.78, 5) is 33.2. The van der Waals surface area contributed by atoms with E-state index in [1.54, 1.807) is 19.6 Å². The number of carbonyl (C=O) groups is 2. The van der Waals surface area contributed by atoms with Crippen LogP contribution in [-0.2, 0) is 17.8 Å². The van der Waals surface area contributed by atoms with E-state index in [9.17, 15) is 9.59 Å². The zero-order chi connectivity index (χ0) is 22.3. The fourth-order valence-electron chi connectivity index (χ4n) is 3.89. The molecule has 166 valence electrons. The van der Waals surface area contributed by atoms with E-state index in [-0.39, 0.29) is 11.8 Å². The highest BCUT2D eigenvalue weighted by Crippen LogP contribution is 2.15. The number of amides is 2. The Morgan fingerprint density at radius 2 is 1.56 bits per heavy atom. The number of hydrogen-bond acceptors (Lipinski definition) is 4. The van der Waals surface area contributed by atoms with Crippen LogP contribution in [0.3, 0.4) is 0 Å². The summed E-state index contributed by atoms with van der Waals surface area (Å²) in [6.07, 6.45) is 6.61. The van der Waals surface area contributed by atoms with Gasteiger partial charge in [-0.2, -0.15) is 0 Å². The minimum Gasteiger partial charge on any atom is -0.497 e. The van der Waals surface area contributed by atoms with Crippen molar-refractivity contribution in [2.75, 3.05) is 33.3 Å². The van der Waals surface area contributed by atoms with Crippen LogP contribution in [0.25, 0.3) is 0 Å². The van der Waals surface area contributed by atoms with E-state index in [2.05, 4.69) is 4.98 Å². The van der Waals surface area contributed by atoms with Crippen LogP contribution in [0.2, 0.25) is 0 Å². The van der Waals surface area contributed by atoms with Crippen LogP contribution in [0, 0.1) is 0 Å². The predicted octanol–water partition coefficient (Wildman–Crippen LogP) is 2.86. The van der Waals surface area contributed by atoms with E-state index in [4.69, 9.17) is 4.74 Å². The van der Waals surface area contributed by atoms with Crippen molar-refractivity contribution in [2.24, 2.45) is 0 Å². The predicted molar refractivity (Wildman–Crippen MR) is 122 cm³/mol. The highest BCUT2D eigenvalue weighted by molar-refractivity contribution is 5.94. The Labute approximate surface area is 188 Å². The van der Waals surface area contributed by atoms with E-state index in [0.29, 0.717) is 44.6 Å². The van der Waals surface area contributed by atoms with Gasteiger partial charge in [-0.05, 0) is 41.8 Å². The number of carbonyl (C=O) groups excluding carboxylic acids is 2. The van der Waals surface area contributed by atoms with Crippen molar-refractivity contribution in [1.82, 2.24) is 19.4 Å². The third-order valence-electron chi connectivity index (χ3n) is 5.83. The van der Waals surface area contributed by atoms with Crippen molar-refractivity contribution < 1.29 is 14.3 Å². The Balaban J connectivity index is 1.24. The van der Waals surface area contributed by atoms with Crippen LogP contribution >= 0.6 is 0 Å². The normalized spacial score (nSPS) is 13.8. The second-order valence-corrected chi connectivity index (χ2v) is 7.95. The lowest BCUT2D eigenvalue weighted by Crippen LogP contribution is -2.50. The monoisotopic (exact) mass is 432 g/mol. The first-order valence-electron chi connectivity index (χ1n) is 10.9. The number of methoxy groups -OCH3 is 1. The molecule has 2 amide bonds. The Hall–Kier alpha value is -3.61. The molecule has 4 rings (SSSR count). The van der Waals surface area contributed by atoms with Gasteiger partial charge in [0.1, 0.15) is 5.75 Å². The SMILES string of the molecule is COc1ccc(CCC(=O)N2CCN(C(=O)c3ccc(Cn4ccnc4)cc3)CC2)cc1. The number of aryl methyl sites for hydroxylation is 1. The third kappa shape index (κ3) is 5.35. The molecule has 0 saturated carbocycles. The topological polar surface area (TPSA) is 67.7 Å². The molecule has 1 aromatic heterocycles. The molecule has 0 bridgehead atoms. The summed E-state index contributed by atoms with van der Waals surface area (Å²) >= 11 is 0. The summed E-state index contributed by atoms with van der Waals surface area (Å²) in [5.74, 6) is 0.968. The van der Waals surface area contributed by atoms with Gasteiger partial charge in [-0.1, -0.05) is 24.3 Å². The van der Waals surface area contributed by atoms with E-state index < -0.39 is 0 Å². The molecule has 0 radical (unpaired) electrons. The molecule has 0 atom stereocenters. The van der Waals surface area contributed by atoms with Crippen LogP contribution in [0.5, 0.6) is 5.75 Å². The molecular formula is C25H28N4O3. The zero-order valence-electron chi connectivity index (χ0n) is 18.3. The molecule has 1 aliphatic heterocycles. The highest BCUT2D eigenvalue weighted by atomic mass is 16.5. The van der Waals surface area contributed by atoms with Gasteiger partial charge in [-0.25, -0.2) is 4.98 Å². The molecule has 0 spiro atoms. The van der Waals surface area contributed by atoms with Gasteiger partial charge in [-0.3, -0.25) is 9.59 Å². The summed E-state index contributed by atoms with van der Waals surface area (Å²) in [6, 6.07) is 15.5. The van der Waals surface area contributed by atoms with Gasteiger partial charge in [-0.15, -0.1) is 0 Å². The maximum Gasteiger partial charge on any atom is 0.253 e. The number of nitrogens with zero attached hydrogens (tertiary/aromatic N) is 4. The summed E-state index contributed by atoms with van der Waals surface area (Å²) in [5, 5.41) is 0. The maximum atomic E-state index is 12.9. The molecule has 2 heterocycles. The Morgan fingerprint density at radius 1 is 0.906 bits per heavy atom. The van der Waals surface area contributed by atoms with E-state index in [0.717, 1.165) is 23.4 Å². The van der Waals surface area contributed by atoms with Crippen LogP contribution in [0.15, 0.2) is 67.3 Å². The van der Waals surface area contributed by atoms with Crippen LogP contribution < -0.4 is 4.74 Å². The standard InChI is InChI=1S/C25H28N4O3/c1-32-23-9-4-20(5-10-23)6-11-24(30)28-14-16-29(17-15-28)25(31)22-7-2-21(3-8-22)18-27-13-12-26-19-27/h2-5,7-10,12-13,19H,6,11,14-18H2,1H3. The molecule has 0 unspecified atom stereocenters. The minimum absolute atomic E-state index is 0.0181. The summed E-state index contributed by atoms with van der Waals surface area (Å²) in [7, 11) is 1.64. The van der Waals surface area contributed by atoms with Gasteiger partial charge in [0.25, 0.3) is 5.91 Å². The lowest BCUT2D eigenvalue weighted by Gasteiger charge is -2.35. The number of aromatic nitrogens is 2. The van der Waals surface area contributed by atoms with Crippen molar-refractivity contribution in [3.63, 3.8) is 0 Å². The van der Waals surface area contributed by atoms with Gasteiger partial charge in [0.2, 0.25) is 5.91 Å². The van der Waals surface area contributed by atoms with Gasteiger partial charge >= 0.3 is 0 Å². The van der Waals surface area contributed by atoms with Crippen molar-refractivity contribution in [3.05, 3.63) is 83.9 Å². The molecule has 32 heavy (non-hydrogen) atoms. The molecule has 0 N–H and O–H groups in total. The summed E-state index contributed by atoms with van der Waals surface area (Å²) < 4.78 is 7.16. The second-order valence-electron chi connectivity index (χ2n) is 7.95. The van der Waals surface area contributed by atoms with Crippen molar-refractivity contribution in [3.8, 4) is 5.75 Å². The van der Waals surface area contributed by atoms with Crippen molar-refractivity contribution in [2.45, 2.75) is 19.4 Å². The lowest BCUT2D eigenvalue weighted by molar-refractivity contribution is -0.132. The van der Waals surface area contributed by atoms with Crippen molar-refractivity contribution in [1.29, 1.82) is 0 Å². The van der Waals surface area contributed by atoms with Gasteiger partial charge < -0.3 is 19.1 Å². The van der Waals surface area contributed by atoms with Crippen LogP contribution in [0.4, 0.5) is 0 Å². The molecule has 3 aromatic rings. The van der Waals surface area contributed by atoms with E-state index in [1.165, 1.54) is 0 Å². The number of rotatable bonds is 7. The Bertz CT molecular complexity index is 1020. The smallest absolute Gasteiger partial charge is 0.253 e. The Morgan fingerprint density at radius 3 is 2.19 bits per heavy atom. The maximum absolute atomic E-state index is 12.9. The number of piperazine rings is 1. The third-order valence-corrected chi connectivity index (χ3v) is 5.83. The number of hydrogen-bond donors (Lipinski definition) is 0. The molecule has 0 aliphatic carbocycles. The highest BCUT2D eigenvalue weighted by Gasteiger charge is 2.24. The lowest BCUT2D eigenvalue weighted by atomic mass is 10.1. The van der Waals surface area contributed by atoms with Crippen molar-refractivity contribution >= 4 is 11.8 Å². The summed E-state index contributed by atoms with van der Waals surface area (Å²) in [6.45, 7) is 3.00. The first-order valence-corrected chi connectivity index (χ1v) is 10.9. The molecule has 2 aromatic carbocycles. The van der Waals surface area contributed by atoms with Gasteiger partial charge in [0.15, 0.2) is 0 Å². The fourth-order valence-corrected chi connectivity index (χ4v) is 3.89. The van der Waals surface area contributed by atoms with Crippen LogP contribution in [-0.4, -0.2) is 64.5 Å². The van der Waals surface area contributed by atoms with Crippen LogP contribution in [0.1, 0.15) is 27.9 Å². The minimum atomic E-state index is 0.0181. The number of imidazole rings is 1. The molecule has 1 fully saturated rings. The first-order chi connectivity index (χ1) is 15.6. The Kier molecular flexibility index (Phi) is 6.84. The quantitative estimate of drug-likeness (QED) is 0.576. The zero-order valence-corrected chi connectivity index (χ0v) is 18.3. The largest absolute Gasteiger partial charge is 0.497 e. The van der Waals surface area contributed by atoms with Gasteiger partial charge in [0, 0.05) is 57.1 Å². The number of ether oxygens (including phenoxy) is 1. The molecule has 1 saturated heterocycles. The molecule has 7 nitrogen and oxygen atoms in total. The average molecular weight is 433 g/mol. The van der Waals surface area contributed by atoms with E-state index >= 15 is 0 Å². The summed E-state index contributed by atoms with van der Waals surface area (Å²) in [5.41, 5.74) is 2.91. The average Bonchev–Trinajstić information content (AvgIpc) is 3.36. The first kappa shape index (κ1) is 21.6. The molecule has 7 heteroatoms. The fraction of sp³-hybridized carbons (Fsp3) is 0.320. The number of benzene rings is 2. The second kappa shape index (κ2) is 10.1. The molecule has 1 aliphatic rings. The molecular weight excluding hydrogens is 404 g/mol. The van der Waals surface area contributed by atoms with E-state index in [1.807, 2.05) is 69.1 Å². The van der Waals surface area contributed by atoms with Gasteiger partial charge in [0.05, 0.1) is 13.4 Å².